The van der Waals surface area contributed by atoms with Crippen molar-refractivity contribution in [3.8, 4) is 0 Å². The molecule has 2 aliphatic rings. The van der Waals surface area contributed by atoms with Gasteiger partial charge in [0.15, 0.2) is 0 Å². The van der Waals surface area contributed by atoms with Crippen LogP contribution in [0.5, 0.6) is 0 Å². The lowest BCUT2D eigenvalue weighted by Gasteiger charge is -2.33. The average Bonchev–Trinajstić information content (AvgIpc) is 3.26. The highest BCUT2D eigenvalue weighted by Crippen LogP contribution is 2.22. The topological polar surface area (TPSA) is 79.0 Å². The number of carbonyl (C=O) groups excluding carboxylic acids is 1. The summed E-state index contributed by atoms with van der Waals surface area (Å²) < 4.78 is 33.1. The number of benzene rings is 2. The van der Waals surface area contributed by atoms with Crippen molar-refractivity contribution in [3.63, 3.8) is 0 Å². The lowest BCUT2D eigenvalue weighted by molar-refractivity contribution is -0.123. The number of amides is 1. The van der Waals surface area contributed by atoms with E-state index in [2.05, 4.69) is 5.32 Å². The summed E-state index contributed by atoms with van der Waals surface area (Å²) in [6.45, 7) is 3.46. The van der Waals surface area contributed by atoms with Crippen molar-refractivity contribution in [2.24, 2.45) is 0 Å². The number of hydrogen-bond donors (Lipinski definition) is 1. The largest absolute Gasteiger partial charge is 0.376 e. The van der Waals surface area contributed by atoms with Crippen LogP contribution < -0.4 is 5.32 Å². The van der Waals surface area contributed by atoms with Gasteiger partial charge in [0.05, 0.1) is 17.5 Å². The van der Waals surface area contributed by atoms with Crippen molar-refractivity contribution in [2.75, 3.05) is 45.9 Å². The Labute approximate surface area is 171 Å². The summed E-state index contributed by atoms with van der Waals surface area (Å²) >= 11 is 0. The van der Waals surface area contributed by atoms with Gasteiger partial charge in [-0.1, -0.05) is 30.3 Å². The zero-order chi connectivity index (χ0) is 20.3. The molecule has 0 saturated carbocycles. The molecule has 2 aromatic carbocycles. The Morgan fingerprint density at radius 2 is 1.83 bits per heavy atom. The second-order valence-corrected chi connectivity index (χ2v) is 9.57. The van der Waals surface area contributed by atoms with E-state index in [-0.39, 0.29) is 18.6 Å². The predicted molar refractivity (Wildman–Crippen MR) is 111 cm³/mol. The summed E-state index contributed by atoms with van der Waals surface area (Å²) in [4.78, 5) is 14.5. The van der Waals surface area contributed by atoms with E-state index in [9.17, 15) is 13.2 Å². The van der Waals surface area contributed by atoms with Crippen LogP contribution in [0.15, 0.2) is 47.4 Å². The Balaban J connectivity index is 1.31. The molecule has 2 fully saturated rings. The molecular weight excluding hydrogens is 390 g/mol. The minimum atomic E-state index is -3.54. The highest BCUT2D eigenvalue weighted by molar-refractivity contribution is 7.89. The monoisotopic (exact) mass is 417 g/mol. The molecule has 1 amide bonds. The van der Waals surface area contributed by atoms with Gasteiger partial charge in [0.25, 0.3) is 0 Å². The Bertz CT molecular complexity index is 965. The van der Waals surface area contributed by atoms with Crippen molar-refractivity contribution < 1.29 is 17.9 Å². The zero-order valence-corrected chi connectivity index (χ0v) is 17.2. The molecule has 0 unspecified atom stereocenters. The molecule has 29 heavy (non-hydrogen) atoms. The fourth-order valence-electron chi connectivity index (χ4n) is 3.90. The Hall–Kier alpha value is -2.00. The van der Waals surface area contributed by atoms with Crippen molar-refractivity contribution in [3.05, 3.63) is 42.5 Å². The Morgan fingerprint density at radius 3 is 2.55 bits per heavy atom. The highest BCUT2D eigenvalue weighted by Gasteiger charge is 2.29. The summed E-state index contributed by atoms with van der Waals surface area (Å²) in [5.74, 6) is -0.0358. The molecule has 0 radical (unpaired) electrons. The van der Waals surface area contributed by atoms with Gasteiger partial charge in [-0.25, -0.2) is 8.42 Å². The lowest BCUT2D eigenvalue weighted by atomic mass is 10.1. The van der Waals surface area contributed by atoms with E-state index in [0.29, 0.717) is 37.6 Å². The number of carbonyl (C=O) groups is 1. The van der Waals surface area contributed by atoms with Gasteiger partial charge >= 0.3 is 0 Å². The quantitative estimate of drug-likeness (QED) is 0.770. The van der Waals surface area contributed by atoms with Gasteiger partial charge < -0.3 is 10.1 Å². The molecule has 2 aromatic rings. The average molecular weight is 418 g/mol. The normalized spacial score (nSPS) is 21.4. The Morgan fingerprint density at radius 1 is 1.07 bits per heavy atom. The maximum atomic E-state index is 13.0. The van der Waals surface area contributed by atoms with Crippen molar-refractivity contribution >= 4 is 26.7 Å². The fraction of sp³-hybridized carbons (Fsp3) is 0.476. The number of nitrogens with one attached hydrogen (secondary N) is 1. The van der Waals surface area contributed by atoms with Gasteiger partial charge in [-0.2, -0.15) is 4.31 Å². The molecule has 0 aromatic heterocycles. The smallest absolute Gasteiger partial charge is 0.243 e. The Kier molecular flexibility index (Phi) is 6.15. The van der Waals surface area contributed by atoms with E-state index in [4.69, 9.17) is 4.74 Å². The number of rotatable bonds is 6. The molecule has 0 bridgehead atoms. The lowest BCUT2D eigenvalue weighted by Crippen LogP contribution is -2.51. The highest BCUT2D eigenvalue weighted by atomic mass is 32.2. The zero-order valence-electron chi connectivity index (χ0n) is 16.4. The van der Waals surface area contributed by atoms with Crippen LogP contribution in [0.25, 0.3) is 10.8 Å². The number of nitrogens with zero attached hydrogens (tertiary/aromatic N) is 2. The molecule has 0 aliphatic carbocycles. The van der Waals surface area contributed by atoms with Gasteiger partial charge in [-0.3, -0.25) is 9.69 Å². The van der Waals surface area contributed by atoms with Crippen molar-refractivity contribution in [1.29, 1.82) is 0 Å². The molecule has 156 valence electrons. The molecule has 0 spiro atoms. The van der Waals surface area contributed by atoms with E-state index >= 15 is 0 Å². The number of sulfonamides is 1. The standard InChI is InChI=1S/C21H27N3O4S/c25-21(22-15-19-6-3-13-28-19)16-23-9-11-24(12-10-23)29(26,27)20-8-7-17-4-1-2-5-18(17)14-20/h1-2,4-5,7-8,14,19H,3,6,9-13,15-16H2,(H,22,25)/t19-/m0/s1. The molecule has 1 N–H and O–H groups in total. The van der Waals surface area contributed by atoms with Crippen LogP contribution in [-0.4, -0.2) is 75.5 Å². The third-order valence-electron chi connectivity index (χ3n) is 5.61. The first-order valence-corrected chi connectivity index (χ1v) is 11.6. The summed E-state index contributed by atoms with van der Waals surface area (Å²) in [6, 6.07) is 13.0. The van der Waals surface area contributed by atoms with Crippen molar-refractivity contribution in [2.45, 2.75) is 23.8 Å². The summed E-state index contributed by atoms with van der Waals surface area (Å²) in [5.41, 5.74) is 0. The van der Waals surface area contributed by atoms with E-state index in [1.54, 1.807) is 12.1 Å². The van der Waals surface area contributed by atoms with Crippen LogP contribution in [-0.2, 0) is 19.6 Å². The van der Waals surface area contributed by atoms with Crippen molar-refractivity contribution in [1.82, 2.24) is 14.5 Å². The molecule has 8 heteroatoms. The maximum absolute atomic E-state index is 13.0. The minimum absolute atomic E-state index is 0.0358. The molecule has 4 rings (SSSR count). The van der Waals surface area contributed by atoms with Gasteiger partial charge in [0.2, 0.25) is 15.9 Å². The van der Waals surface area contributed by atoms with E-state index in [1.807, 2.05) is 35.2 Å². The fourth-order valence-corrected chi connectivity index (χ4v) is 5.35. The van der Waals surface area contributed by atoms with Crippen LogP contribution in [0.4, 0.5) is 0 Å². The van der Waals surface area contributed by atoms with Crippen LogP contribution in [0.1, 0.15) is 12.8 Å². The number of ether oxygens (including phenoxy) is 1. The van der Waals surface area contributed by atoms with Crippen LogP contribution >= 0.6 is 0 Å². The van der Waals surface area contributed by atoms with Crippen LogP contribution in [0, 0.1) is 0 Å². The van der Waals surface area contributed by atoms with Crippen LogP contribution in [0.3, 0.4) is 0 Å². The number of piperazine rings is 1. The second kappa shape index (κ2) is 8.79. The first-order valence-electron chi connectivity index (χ1n) is 10.1. The summed E-state index contributed by atoms with van der Waals surface area (Å²) in [5, 5.41) is 4.85. The summed E-state index contributed by atoms with van der Waals surface area (Å²) in [6.07, 6.45) is 2.17. The van der Waals surface area contributed by atoms with Gasteiger partial charge in [-0.05, 0) is 35.7 Å². The third kappa shape index (κ3) is 4.78. The molecule has 2 heterocycles. The van der Waals surface area contributed by atoms with E-state index in [0.717, 1.165) is 30.2 Å². The summed E-state index contributed by atoms with van der Waals surface area (Å²) in [7, 11) is -3.54. The minimum Gasteiger partial charge on any atom is -0.376 e. The van der Waals surface area contributed by atoms with E-state index in [1.165, 1.54) is 4.31 Å². The third-order valence-corrected chi connectivity index (χ3v) is 7.50. The first-order chi connectivity index (χ1) is 14.0. The first kappa shape index (κ1) is 20.3. The SMILES string of the molecule is O=C(CN1CCN(S(=O)(=O)c2ccc3ccccc3c2)CC1)NC[C@@H]1CCCO1. The van der Waals surface area contributed by atoms with Gasteiger partial charge in [0.1, 0.15) is 0 Å². The maximum Gasteiger partial charge on any atom is 0.243 e. The molecule has 1 atom stereocenters. The van der Waals surface area contributed by atoms with Gasteiger partial charge in [0, 0.05) is 39.3 Å². The van der Waals surface area contributed by atoms with E-state index < -0.39 is 10.0 Å². The molecule has 2 saturated heterocycles. The molecule has 7 nitrogen and oxygen atoms in total. The number of hydrogen-bond acceptors (Lipinski definition) is 5. The second-order valence-electron chi connectivity index (χ2n) is 7.63. The molecular formula is C21H27N3O4S. The predicted octanol–water partition coefficient (Wildman–Crippen LogP) is 1.44. The number of fused-ring (bicyclic) bond motifs is 1. The van der Waals surface area contributed by atoms with Gasteiger partial charge in [-0.15, -0.1) is 0 Å². The molecule has 2 aliphatic heterocycles. The van der Waals surface area contributed by atoms with Crippen LogP contribution in [0.2, 0.25) is 0 Å².